The van der Waals surface area contributed by atoms with Crippen molar-refractivity contribution in [1.29, 1.82) is 0 Å². The number of Topliss-reactive ketones (excluding diaryl/α,β-unsaturated/α-hetero) is 1. The van der Waals surface area contributed by atoms with Crippen molar-refractivity contribution >= 4 is 63.8 Å². The molecule has 1 unspecified atom stereocenters. The molecular weight excluding hydrogens is 373 g/mol. The Balaban J connectivity index is 2.29. The number of halogens is 5. The lowest BCUT2D eigenvalue weighted by Gasteiger charge is -2.24. The van der Waals surface area contributed by atoms with Crippen molar-refractivity contribution in [2.24, 2.45) is 0 Å². The lowest BCUT2D eigenvalue weighted by atomic mass is 10.0. The lowest BCUT2D eigenvalue weighted by molar-refractivity contribution is 0.0970. The van der Waals surface area contributed by atoms with Gasteiger partial charge in [-0.15, -0.1) is 11.6 Å². The molecule has 2 aromatic rings. The zero-order valence-corrected chi connectivity index (χ0v) is 14.3. The molecule has 0 radical (unpaired) electrons. The van der Waals surface area contributed by atoms with E-state index >= 15 is 0 Å². The van der Waals surface area contributed by atoms with E-state index in [9.17, 15) is 4.79 Å². The summed E-state index contributed by atoms with van der Waals surface area (Å²) in [4.78, 5) is 12.4. The molecule has 1 nitrogen and oxygen atoms in total. The second kappa shape index (κ2) is 6.76. The molecule has 0 spiro atoms. The van der Waals surface area contributed by atoms with E-state index in [1.165, 1.54) is 0 Å². The molecule has 0 bridgehead atoms. The van der Waals surface area contributed by atoms with Crippen LogP contribution in [-0.2, 0) is 0 Å². The molecule has 0 aliphatic heterocycles. The fraction of sp³-hybridized carbons (Fsp3) is 0.133. The maximum Gasteiger partial charge on any atom is 0.200 e. The van der Waals surface area contributed by atoms with Crippen LogP contribution in [0, 0.1) is 0 Å². The van der Waals surface area contributed by atoms with E-state index in [-0.39, 0.29) is 0 Å². The zero-order chi connectivity index (χ0) is 15.6. The second-order valence-corrected chi connectivity index (χ2v) is 7.07. The van der Waals surface area contributed by atoms with E-state index in [1.807, 2.05) is 0 Å². The van der Waals surface area contributed by atoms with Gasteiger partial charge in [-0.2, -0.15) is 0 Å². The zero-order valence-electron chi connectivity index (χ0n) is 10.5. The van der Waals surface area contributed by atoms with Gasteiger partial charge in [0.1, 0.15) is 0 Å². The van der Waals surface area contributed by atoms with Crippen molar-refractivity contribution < 1.29 is 4.79 Å². The highest BCUT2D eigenvalue weighted by Gasteiger charge is 2.42. The number of hydrogen-bond donors (Lipinski definition) is 0. The normalized spacial score (nSPS) is 13.0. The first-order valence-corrected chi connectivity index (χ1v) is 7.85. The fourth-order valence-corrected chi connectivity index (χ4v) is 2.72. The van der Waals surface area contributed by atoms with Crippen molar-refractivity contribution in [3.63, 3.8) is 0 Å². The maximum atomic E-state index is 12.4. The Morgan fingerprint density at radius 3 is 1.76 bits per heavy atom. The largest absolute Gasteiger partial charge is 0.291 e. The van der Waals surface area contributed by atoms with E-state index < -0.39 is 15.5 Å². The van der Waals surface area contributed by atoms with Crippen LogP contribution in [0.25, 0.3) is 0 Å². The molecule has 0 aromatic heterocycles. The van der Waals surface area contributed by atoms with E-state index in [1.54, 1.807) is 48.5 Å². The summed E-state index contributed by atoms with van der Waals surface area (Å²) < 4.78 is -1.80. The third-order valence-electron chi connectivity index (χ3n) is 2.89. The Morgan fingerprint density at radius 1 is 0.857 bits per heavy atom. The molecule has 2 rings (SSSR count). The van der Waals surface area contributed by atoms with E-state index in [2.05, 4.69) is 0 Å². The SMILES string of the molecule is O=C(c1ccc(Cl)cc1)C(Cl)(Cl)C(Cl)c1ccc(Cl)cc1. The first-order chi connectivity index (χ1) is 9.82. The Bertz CT molecular complexity index is 634. The molecule has 0 saturated carbocycles. The van der Waals surface area contributed by atoms with Crippen molar-refractivity contribution in [2.45, 2.75) is 9.71 Å². The standard InChI is InChI=1S/C15H9Cl5O/c16-11-5-1-9(2-6-11)13(18)15(19,20)14(21)10-3-7-12(17)8-4-10/h1-8,13H. The van der Waals surface area contributed by atoms with Crippen LogP contribution in [0.4, 0.5) is 0 Å². The summed E-state index contributed by atoms with van der Waals surface area (Å²) in [5, 5.41) is 0.157. The first-order valence-electron chi connectivity index (χ1n) is 5.90. The number of carbonyl (C=O) groups is 1. The van der Waals surface area contributed by atoms with E-state index in [4.69, 9.17) is 58.0 Å². The van der Waals surface area contributed by atoms with Crippen LogP contribution in [-0.4, -0.2) is 10.1 Å². The van der Waals surface area contributed by atoms with Gasteiger partial charge in [0.15, 0.2) is 0 Å². The summed E-state index contributed by atoms with van der Waals surface area (Å²) in [6.07, 6.45) is 0. The Morgan fingerprint density at radius 2 is 1.29 bits per heavy atom. The van der Waals surface area contributed by atoms with Crippen molar-refractivity contribution in [3.05, 3.63) is 69.7 Å². The summed E-state index contributed by atoms with van der Waals surface area (Å²) in [5.41, 5.74) is 0.942. The molecule has 0 heterocycles. The van der Waals surface area contributed by atoms with E-state index in [0.29, 0.717) is 21.2 Å². The minimum atomic E-state index is -1.80. The summed E-state index contributed by atoms with van der Waals surface area (Å²) in [6.45, 7) is 0. The molecule has 0 saturated heterocycles. The molecule has 0 fully saturated rings. The third-order valence-corrected chi connectivity index (χ3v) is 4.98. The summed E-state index contributed by atoms with van der Waals surface area (Å²) in [5.74, 6) is -0.488. The smallest absolute Gasteiger partial charge is 0.200 e. The van der Waals surface area contributed by atoms with Crippen LogP contribution in [0.5, 0.6) is 0 Å². The van der Waals surface area contributed by atoms with Crippen molar-refractivity contribution in [2.75, 3.05) is 0 Å². The van der Waals surface area contributed by atoms with E-state index in [0.717, 1.165) is 0 Å². The average molecular weight is 383 g/mol. The van der Waals surface area contributed by atoms with Crippen LogP contribution < -0.4 is 0 Å². The molecule has 0 aliphatic rings. The maximum absolute atomic E-state index is 12.4. The van der Waals surface area contributed by atoms with Gasteiger partial charge < -0.3 is 0 Å². The Kier molecular flexibility index (Phi) is 5.45. The van der Waals surface area contributed by atoms with Gasteiger partial charge >= 0.3 is 0 Å². The van der Waals surface area contributed by atoms with Crippen LogP contribution in [0.3, 0.4) is 0 Å². The highest BCUT2D eigenvalue weighted by molar-refractivity contribution is 6.63. The molecule has 1 atom stereocenters. The number of rotatable bonds is 4. The monoisotopic (exact) mass is 380 g/mol. The molecular formula is C15H9Cl5O. The quantitative estimate of drug-likeness (QED) is 0.446. The first kappa shape index (κ1) is 16.9. The predicted octanol–water partition coefficient (Wildman–Crippen LogP) is 6.33. The second-order valence-electron chi connectivity index (χ2n) is 4.37. The summed E-state index contributed by atoms with van der Waals surface area (Å²) >= 11 is 30.3. The highest BCUT2D eigenvalue weighted by Crippen LogP contribution is 2.43. The molecule has 0 aliphatic carbocycles. The van der Waals surface area contributed by atoms with Crippen LogP contribution in [0.1, 0.15) is 21.3 Å². The van der Waals surface area contributed by atoms with Crippen LogP contribution in [0.2, 0.25) is 10.0 Å². The number of alkyl halides is 3. The van der Waals surface area contributed by atoms with Crippen molar-refractivity contribution in [3.8, 4) is 0 Å². The van der Waals surface area contributed by atoms with Gasteiger partial charge in [0, 0.05) is 15.6 Å². The minimum Gasteiger partial charge on any atom is -0.291 e. The van der Waals surface area contributed by atoms with Gasteiger partial charge in [-0.1, -0.05) is 58.5 Å². The van der Waals surface area contributed by atoms with Crippen molar-refractivity contribution in [1.82, 2.24) is 0 Å². The molecule has 0 amide bonds. The fourth-order valence-electron chi connectivity index (χ4n) is 1.75. The van der Waals surface area contributed by atoms with Gasteiger partial charge in [0.25, 0.3) is 0 Å². The van der Waals surface area contributed by atoms with Crippen LogP contribution >= 0.6 is 58.0 Å². The Labute approximate surface area is 147 Å². The topological polar surface area (TPSA) is 17.1 Å². The molecule has 0 N–H and O–H groups in total. The Hall–Kier alpha value is -0.440. The molecule has 6 heteroatoms. The van der Waals surface area contributed by atoms with Gasteiger partial charge in [0.05, 0.1) is 5.38 Å². The van der Waals surface area contributed by atoms with Crippen LogP contribution in [0.15, 0.2) is 48.5 Å². The number of ketones is 1. The minimum absolute atomic E-state index is 0.337. The molecule has 110 valence electrons. The predicted molar refractivity (Wildman–Crippen MR) is 90.3 cm³/mol. The number of benzene rings is 2. The average Bonchev–Trinajstić information content (AvgIpc) is 2.47. The van der Waals surface area contributed by atoms with Gasteiger partial charge in [-0.05, 0) is 42.0 Å². The van der Waals surface area contributed by atoms with Gasteiger partial charge in [0.2, 0.25) is 10.1 Å². The number of carbonyl (C=O) groups excluding carboxylic acids is 1. The lowest BCUT2D eigenvalue weighted by Crippen LogP contribution is -2.31. The summed E-state index contributed by atoms with van der Waals surface area (Å²) in [6, 6.07) is 12.9. The highest BCUT2D eigenvalue weighted by atomic mass is 35.5. The third kappa shape index (κ3) is 3.85. The molecule has 2 aromatic carbocycles. The van der Waals surface area contributed by atoms with Gasteiger partial charge in [-0.3, -0.25) is 4.79 Å². The molecule has 21 heavy (non-hydrogen) atoms. The number of hydrogen-bond acceptors (Lipinski definition) is 1. The summed E-state index contributed by atoms with van der Waals surface area (Å²) in [7, 11) is 0. The van der Waals surface area contributed by atoms with Gasteiger partial charge in [-0.25, -0.2) is 0 Å².